The van der Waals surface area contributed by atoms with E-state index in [0.29, 0.717) is 12.2 Å². The van der Waals surface area contributed by atoms with Crippen molar-refractivity contribution in [3.63, 3.8) is 0 Å². The third kappa shape index (κ3) is 5.95. The van der Waals surface area contributed by atoms with Crippen molar-refractivity contribution in [2.24, 2.45) is 5.92 Å². The quantitative estimate of drug-likeness (QED) is 0.647. The van der Waals surface area contributed by atoms with Gasteiger partial charge in [-0.25, -0.2) is 12.8 Å². The van der Waals surface area contributed by atoms with Crippen LogP contribution in [-0.4, -0.2) is 33.7 Å². The maximum Gasteiger partial charge on any atom is 0.244 e. The molecule has 0 aliphatic heterocycles. The summed E-state index contributed by atoms with van der Waals surface area (Å²) in [4.78, 5) is 13.0. The van der Waals surface area contributed by atoms with Gasteiger partial charge in [-0.15, -0.1) is 0 Å². The Morgan fingerprint density at radius 1 is 1.10 bits per heavy atom. The Morgan fingerprint density at radius 2 is 1.70 bits per heavy atom. The first kappa shape index (κ1) is 23.7. The monoisotopic (exact) mass is 436 g/mol. The minimum absolute atomic E-state index is 0.160. The van der Waals surface area contributed by atoms with E-state index in [4.69, 9.17) is 4.74 Å². The van der Waals surface area contributed by atoms with Gasteiger partial charge in [0.1, 0.15) is 17.6 Å². The number of nitrogens with zero attached hydrogens (tertiary/aromatic N) is 1. The highest BCUT2D eigenvalue weighted by Crippen LogP contribution is 2.27. The number of benzene rings is 2. The van der Waals surface area contributed by atoms with E-state index in [-0.39, 0.29) is 17.6 Å². The largest absolute Gasteiger partial charge is 0.497 e. The van der Waals surface area contributed by atoms with Gasteiger partial charge in [-0.05, 0) is 49.1 Å². The molecular weight excluding hydrogens is 407 g/mol. The number of nitrogens with one attached hydrogen (secondary N) is 1. The second kappa shape index (κ2) is 9.93. The second-order valence-electron chi connectivity index (χ2n) is 7.65. The van der Waals surface area contributed by atoms with Crippen molar-refractivity contribution in [2.75, 3.05) is 17.7 Å². The summed E-state index contributed by atoms with van der Waals surface area (Å²) in [7, 11) is -2.33. The summed E-state index contributed by atoms with van der Waals surface area (Å²) in [5, 5.41) is 2.94. The normalized spacial score (nSPS) is 13.6. The van der Waals surface area contributed by atoms with Crippen molar-refractivity contribution in [1.29, 1.82) is 0 Å². The molecule has 2 aromatic carbocycles. The first-order valence-electron chi connectivity index (χ1n) is 9.72. The average Bonchev–Trinajstić information content (AvgIpc) is 2.67. The van der Waals surface area contributed by atoms with E-state index in [9.17, 15) is 17.6 Å². The van der Waals surface area contributed by atoms with Crippen LogP contribution in [0.2, 0.25) is 0 Å². The van der Waals surface area contributed by atoms with Crippen LogP contribution in [0, 0.1) is 11.7 Å². The van der Waals surface area contributed by atoms with Crippen molar-refractivity contribution in [3.05, 3.63) is 59.9 Å². The van der Waals surface area contributed by atoms with Gasteiger partial charge in [-0.1, -0.05) is 38.1 Å². The van der Waals surface area contributed by atoms with Crippen LogP contribution in [0.1, 0.15) is 38.8 Å². The molecule has 2 unspecified atom stereocenters. The van der Waals surface area contributed by atoms with Gasteiger partial charge in [0.2, 0.25) is 15.9 Å². The molecule has 0 saturated carbocycles. The van der Waals surface area contributed by atoms with Crippen LogP contribution in [0.15, 0.2) is 48.5 Å². The number of sulfonamides is 1. The molecule has 1 amide bonds. The van der Waals surface area contributed by atoms with E-state index >= 15 is 0 Å². The fourth-order valence-corrected chi connectivity index (χ4v) is 4.47. The van der Waals surface area contributed by atoms with E-state index in [1.807, 2.05) is 26.0 Å². The average molecular weight is 437 g/mol. The highest BCUT2D eigenvalue weighted by Gasteiger charge is 2.32. The molecule has 0 bridgehead atoms. The molecule has 0 saturated heterocycles. The summed E-state index contributed by atoms with van der Waals surface area (Å²) in [6.07, 6.45) is 1.61. The number of halogens is 1. The van der Waals surface area contributed by atoms with E-state index in [0.717, 1.165) is 22.2 Å². The summed E-state index contributed by atoms with van der Waals surface area (Å²) in [6, 6.07) is 11.4. The Bertz CT molecular complexity index is 961. The molecule has 0 aliphatic rings. The minimum Gasteiger partial charge on any atom is -0.497 e. The topological polar surface area (TPSA) is 75.7 Å². The van der Waals surface area contributed by atoms with E-state index in [1.165, 1.54) is 25.1 Å². The number of para-hydroxylation sites is 1. The van der Waals surface area contributed by atoms with Crippen molar-refractivity contribution in [2.45, 2.75) is 39.3 Å². The number of carbonyl (C=O) groups excluding carboxylic acids is 1. The third-order valence-electron chi connectivity index (χ3n) is 4.72. The van der Waals surface area contributed by atoms with Crippen LogP contribution >= 0.6 is 0 Å². The zero-order chi connectivity index (χ0) is 22.5. The molecule has 0 radical (unpaired) electrons. The lowest BCUT2D eigenvalue weighted by atomic mass is 9.96. The number of carbonyl (C=O) groups is 1. The smallest absolute Gasteiger partial charge is 0.244 e. The molecule has 2 atom stereocenters. The lowest BCUT2D eigenvalue weighted by Gasteiger charge is -2.30. The van der Waals surface area contributed by atoms with Crippen LogP contribution in [-0.2, 0) is 14.8 Å². The first-order chi connectivity index (χ1) is 14.0. The van der Waals surface area contributed by atoms with Crippen LogP contribution in [0.3, 0.4) is 0 Å². The number of amides is 1. The van der Waals surface area contributed by atoms with Gasteiger partial charge in [-0.2, -0.15) is 0 Å². The lowest BCUT2D eigenvalue weighted by Crippen LogP contribution is -2.49. The lowest BCUT2D eigenvalue weighted by molar-refractivity contribution is -0.122. The van der Waals surface area contributed by atoms with Crippen molar-refractivity contribution < 1.29 is 22.3 Å². The molecule has 1 N–H and O–H groups in total. The van der Waals surface area contributed by atoms with Gasteiger partial charge in [0, 0.05) is 0 Å². The standard InChI is InChI=1S/C22H29FN2O4S/c1-15(2)14-20(17-10-12-18(29-4)13-11-17)24-22(26)16(3)25(30(5,27)28)21-9-7-6-8-19(21)23/h6-13,15-16,20H,14H2,1-5H3,(H,24,26). The van der Waals surface area contributed by atoms with E-state index in [2.05, 4.69) is 5.32 Å². The summed E-state index contributed by atoms with van der Waals surface area (Å²) in [5.41, 5.74) is 0.717. The number of ether oxygens (including phenoxy) is 1. The molecule has 0 spiro atoms. The Morgan fingerprint density at radius 3 is 2.20 bits per heavy atom. The highest BCUT2D eigenvalue weighted by molar-refractivity contribution is 7.92. The fourth-order valence-electron chi connectivity index (χ4n) is 3.29. The molecule has 0 heterocycles. The summed E-state index contributed by atoms with van der Waals surface area (Å²) in [5.74, 6) is -0.239. The Hall–Kier alpha value is -2.61. The maximum absolute atomic E-state index is 14.3. The van der Waals surface area contributed by atoms with Crippen LogP contribution < -0.4 is 14.4 Å². The SMILES string of the molecule is COc1ccc(C(CC(C)C)NC(=O)C(C)N(c2ccccc2F)S(C)(=O)=O)cc1. The number of hydrogen-bond donors (Lipinski definition) is 1. The second-order valence-corrected chi connectivity index (χ2v) is 9.51. The predicted molar refractivity (Wildman–Crippen MR) is 117 cm³/mol. The van der Waals surface area contributed by atoms with Gasteiger partial charge in [0.25, 0.3) is 0 Å². The first-order valence-corrected chi connectivity index (χ1v) is 11.6. The Kier molecular flexibility index (Phi) is 7.83. The Labute approximate surface area is 178 Å². The van der Waals surface area contributed by atoms with Crippen LogP contribution in [0.4, 0.5) is 10.1 Å². The molecule has 2 aromatic rings. The zero-order valence-corrected chi connectivity index (χ0v) is 18.7. The predicted octanol–water partition coefficient (Wildman–Crippen LogP) is 3.89. The van der Waals surface area contributed by atoms with Gasteiger partial charge < -0.3 is 10.1 Å². The number of hydrogen-bond acceptors (Lipinski definition) is 4. The molecule has 0 fully saturated rings. The summed E-state index contributed by atoms with van der Waals surface area (Å²) in [6.45, 7) is 5.52. The minimum atomic E-state index is -3.90. The number of methoxy groups -OCH3 is 1. The van der Waals surface area contributed by atoms with E-state index in [1.54, 1.807) is 19.2 Å². The molecule has 8 heteroatoms. The molecule has 0 aliphatic carbocycles. The van der Waals surface area contributed by atoms with Gasteiger partial charge in [-0.3, -0.25) is 9.10 Å². The highest BCUT2D eigenvalue weighted by atomic mass is 32.2. The van der Waals surface area contributed by atoms with Crippen LogP contribution in [0.5, 0.6) is 5.75 Å². The van der Waals surface area contributed by atoms with Gasteiger partial charge in [0.15, 0.2) is 0 Å². The van der Waals surface area contributed by atoms with Crippen LogP contribution in [0.25, 0.3) is 0 Å². The van der Waals surface area contributed by atoms with Crippen molar-refractivity contribution >= 4 is 21.6 Å². The van der Waals surface area contributed by atoms with E-state index < -0.39 is 27.8 Å². The molecule has 6 nitrogen and oxygen atoms in total. The number of rotatable bonds is 9. The van der Waals surface area contributed by atoms with Crippen molar-refractivity contribution in [3.8, 4) is 5.75 Å². The molecule has 30 heavy (non-hydrogen) atoms. The third-order valence-corrected chi connectivity index (χ3v) is 5.95. The fraction of sp³-hybridized carbons (Fsp3) is 0.409. The molecule has 2 rings (SSSR count). The van der Waals surface area contributed by atoms with Gasteiger partial charge >= 0.3 is 0 Å². The molecule has 164 valence electrons. The zero-order valence-electron chi connectivity index (χ0n) is 17.9. The summed E-state index contributed by atoms with van der Waals surface area (Å²) >= 11 is 0. The Balaban J connectivity index is 2.32. The maximum atomic E-state index is 14.3. The summed E-state index contributed by atoms with van der Waals surface area (Å²) < 4.78 is 45.1. The van der Waals surface area contributed by atoms with Crippen molar-refractivity contribution in [1.82, 2.24) is 5.32 Å². The number of anilines is 1. The van der Waals surface area contributed by atoms with Gasteiger partial charge in [0.05, 0.1) is 25.1 Å². The molecule has 0 aromatic heterocycles. The molecular formula is C22H29FN2O4S.